The van der Waals surface area contributed by atoms with Crippen molar-refractivity contribution in [2.24, 2.45) is 0 Å². The molecule has 2 amide bonds. The van der Waals surface area contributed by atoms with E-state index in [9.17, 15) is 19.7 Å². The van der Waals surface area contributed by atoms with Crippen LogP contribution in [0.25, 0.3) is 0 Å². The summed E-state index contributed by atoms with van der Waals surface area (Å²) in [5.74, 6) is -0.161. The lowest BCUT2D eigenvalue weighted by Crippen LogP contribution is -2.35. The number of nitrogens with one attached hydrogen (secondary N) is 1. The third-order valence-electron chi connectivity index (χ3n) is 5.22. The summed E-state index contributed by atoms with van der Waals surface area (Å²) >= 11 is 0. The summed E-state index contributed by atoms with van der Waals surface area (Å²) in [6, 6.07) is 7.76. The normalized spacial score (nSPS) is 12.9. The van der Waals surface area contributed by atoms with E-state index in [1.54, 1.807) is 17.0 Å². The maximum absolute atomic E-state index is 12.9. The van der Waals surface area contributed by atoms with Crippen molar-refractivity contribution in [3.8, 4) is 11.5 Å². The van der Waals surface area contributed by atoms with Gasteiger partial charge in [-0.25, -0.2) is 0 Å². The molecule has 0 saturated carbocycles. The van der Waals surface area contributed by atoms with Gasteiger partial charge in [-0.15, -0.1) is 0 Å². The van der Waals surface area contributed by atoms with Gasteiger partial charge >= 0.3 is 0 Å². The number of amides is 2. The number of methoxy groups -OCH3 is 2. The van der Waals surface area contributed by atoms with E-state index >= 15 is 0 Å². The number of carbonyl (C=O) groups excluding carboxylic acids is 2. The van der Waals surface area contributed by atoms with Gasteiger partial charge in [0.2, 0.25) is 5.91 Å². The number of nitro benzene ring substituents is 1. The molecule has 1 heterocycles. The van der Waals surface area contributed by atoms with E-state index in [-0.39, 0.29) is 28.7 Å². The Balaban J connectivity index is 1.89. The summed E-state index contributed by atoms with van der Waals surface area (Å²) in [6.07, 6.45) is 2.89. The molecular weight excluding hydrogens is 402 g/mol. The molecule has 3 rings (SSSR count). The molecule has 9 heteroatoms. The van der Waals surface area contributed by atoms with Gasteiger partial charge in [-0.1, -0.05) is 13.3 Å². The molecule has 0 aliphatic carbocycles. The lowest BCUT2D eigenvalue weighted by atomic mass is 10.00. The number of carbonyl (C=O) groups is 2. The maximum atomic E-state index is 12.9. The summed E-state index contributed by atoms with van der Waals surface area (Å²) in [4.78, 5) is 37.8. The highest BCUT2D eigenvalue weighted by molar-refractivity contribution is 6.08. The first kappa shape index (κ1) is 22.1. The van der Waals surface area contributed by atoms with E-state index in [2.05, 4.69) is 12.2 Å². The monoisotopic (exact) mass is 427 g/mol. The minimum Gasteiger partial charge on any atom is -0.493 e. The van der Waals surface area contributed by atoms with Crippen LogP contribution >= 0.6 is 0 Å². The molecule has 0 saturated heterocycles. The second kappa shape index (κ2) is 9.46. The molecule has 1 N–H and O–H groups in total. The molecule has 0 aromatic heterocycles. The van der Waals surface area contributed by atoms with Crippen LogP contribution in [-0.4, -0.2) is 37.5 Å². The zero-order chi connectivity index (χ0) is 22.5. The average Bonchev–Trinajstić information content (AvgIpc) is 2.77. The Labute approximate surface area is 180 Å². The molecule has 0 unspecified atom stereocenters. The van der Waals surface area contributed by atoms with E-state index in [0.29, 0.717) is 25.1 Å². The highest BCUT2D eigenvalue weighted by Gasteiger charge is 2.26. The lowest BCUT2D eigenvalue weighted by molar-refractivity contribution is -0.385. The van der Waals surface area contributed by atoms with Crippen LogP contribution < -0.4 is 19.7 Å². The van der Waals surface area contributed by atoms with E-state index in [4.69, 9.17) is 9.47 Å². The second-order valence-electron chi connectivity index (χ2n) is 7.18. The lowest BCUT2D eigenvalue weighted by Gasteiger charge is -2.29. The van der Waals surface area contributed by atoms with Crippen LogP contribution in [0.15, 0.2) is 30.3 Å². The number of ether oxygens (including phenoxy) is 2. The SMILES string of the molecule is CCCCN1C(=O)CCc2cc(NC(=O)c3cc(OC)c(OC)cc3[N+](=O)[O-])ccc21. The van der Waals surface area contributed by atoms with Crippen LogP contribution in [0.5, 0.6) is 11.5 Å². The highest BCUT2D eigenvalue weighted by atomic mass is 16.6. The summed E-state index contributed by atoms with van der Waals surface area (Å²) in [5.41, 5.74) is 1.78. The first-order valence-corrected chi connectivity index (χ1v) is 10.0. The molecular formula is C22H25N3O6. The Bertz CT molecular complexity index is 1020. The van der Waals surface area contributed by atoms with Crippen molar-refractivity contribution in [2.45, 2.75) is 32.6 Å². The molecule has 2 aromatic rings. The molecule has 31 heavy (non-hydrogen) atoms. The Kier molecular flexibility index (Phi) is 6.74. The summed E-state index contributed by atoms with van der Waals surface area (Å²) in [5, 5.41) is 14.2. The van der Waals surface area contributed by atoms with Crippen LogP contribution in [0.1, 0.15) is 42.1 Å². The largest absolute Gasteiger partial charge is 0.493 e. The number of hydrogen-bond donors (Lipinski definition) is 1. The van der Waals surface area contributed by atoms with E-state index < -0.39 is 10.8 Å². The van der Waals surface area contributed by atoms with Gasteiger partial charge in [-0.05, 0) is 36.6 Å². The number of unbranched alkanes of at least 4 members (excludes halogenated alkanes) is 1. The number of aryl methyl sites for hydroxylation is 1. The topological polar surface area (TPSA) is 111 Å². The quantitative estimate of drug-likeness (QED) is 0.504. The molecule has 164 valence electrons. The molecule has 0 atom stereocenters. The number of rotatable bonds is 8. The fraction of sp³-hybridized carbons (Fsp3) is 0.364. The van der Waals surface area contributed by atoms with Crippen LogP contribution in [0.2, 0.25) is 0 Å². The minimum atomic E-state index is -0.638. The predicted molar refractivity (Wildman–Crippen MR) is 116 cm³/mol. The molecule has 2 aromatic carbocycles. The van der Waals surface area contributed by atoms with Gasteiger partial charge in [0.1, 0.15) is 5.56 Å². The fourth-order valence-corrected chi connectivity index (χ4v) is 3.60. The molecule has 1 aliphatic rings. The van der Waals surface area contributed by atoms with Crippen molar-refractivity contribution < 1.29 is 24.0 Å². The van der Waals surface area contributed by atoms with Gasteiger partial charge in [-0.3, -0.25) is 19.7 Å². The Morgan fingerprint density at radius 1 is 1.16 bits per heavy atom. The van der Waals surface area contributed by atoms with Crippen molar-refractivity contribution >= 4 is 28.9 Å². The standard InChI is InChI=1S/C22H25N3O6/c1-4-5-10-24-17-8-7-15(11-14(17)6-9-21(24)26)23-22(27)16-12-19(30-2)20(31-3)13-18(16)25(28)29/h7-8,11-13H,4-6,9-10H2,1-3H3,(H,23,27). The molecule has 0 spiro atoms. The third-order valence-corrected chi connectivity index (χ3v) is 5.22. The molecule has 0 fully saturated rings. The summed E-state index contributed by atoms with van der Waals surface area (Å²) < 4.78 is 10.3. The number of fused-ring (bicyclic) bond motifs is 1. The highest BCUT2D eigenvalue weighted by Crippen LogP contribution is 2.35. The van der Waals surface area contributed by atoms with Crippen LogP contribution in [0, 0.1) is 10.1 Å². The van der Waals surface area contributed by atoms with Crippen molar-refractivity contribution in [2.75, 3.05) is 31.0 Å². The summed E-state index contributed by atoms with van der Waals surface area (Å²) in [6.45, 7) is 2.73. The van der Waals surface area contributed by atoms with Crippen LogP contribution in [0.3, 0.4) is 0 Å². The van der Waals surface area contributed by atoms with Crippen molar-refractivity contribution in [3.63, 3.8) is 0 Å². The van der Waals surface area contributed by atoms with Crippen molar-refractivity contribution in [3.05, 3.63) is 51.6 Å². The van der Waals surface area contributed by atoms with Gasteiger partial charge in [0.25, 0.3) is 11.6 Å². The van der Waals surface area contributed by atoms with Crippen molar-refractivity contribution in [1.29, 1.82) is 0 Å². The Hall–Kier alpha value is -3.62. The Morgan fingerprint density at radius 2 is 1.87 bits per heavy atom. The number of nitro groups is 1. The van der Waals surface area contributed by atoms with Crippen LogP contribution in [-0.2, 0) is 11.2 Å². The third kappa shape index (κ3) is 4.60. The second-order valence-corrected chi connectivity index (χ2v) is 7.18. The van der Waals surface area contributed by atoms with Gasteiger partial charge < -0.3 is 19.7 Å². The van der Waals surface area contributed by atoms with E-state index in [1.165, 1.54) is 20.3 Å². The summed E-state index contributed by atoms with van der Waals surface area (Å²) in [7, 11) is 2.75. The number of anilines is 2. The average molecular weight is 427 g/mol. The zero-order valence-electron chi connectivity index (χ0n) is 17.8. The molecule has 0 bridgehead atoms. The first-order chi connectivity index (χ1) is 14.9. The molecule has 9 nitrogen and oxygen atoms in total. The van der Waals surface area contributed by atoms with E-state index in [1.807, 2.05) is 6.07 Å². The van der Waals surface area contributed by atoms with E-state index in [0.717, 1.165) is 30.2 Å². The van der Waals surface area contributed by atoms with Gasteiger partial charge in [-0.2, -0.15) is 0 Å². The number of benzene rings is 2. The van der Waals surface area contributed by atoms with Gasteiger partial charge in [0.05, 0.1) is 25.2 Å². The zero-order valence-corrected chi connectivity index (χ0v) is 17.8. The number of hydrogen-bond acceptors (Lipinski definition) is 6. The predicted octanol–water partition coefficient (Wildman–Crippen LogP) is 3.94. The maximum Gasteiger partial charge on any atom is 0.286 e. The van der Waals surface area contributed by atoms with Gasteiger partial charge in [0, 0.05) is 30.4 Å². The smallest absolute Gasteiger partial charge is 0.286 e. The van der Waals surface area contributed by atoms with Crippen molar-refractivity contribution in [1.82, 2.24) is 0 Å². The fourth-order valence-electron chi connectivity index (χ4n) is 3.60. The number of nitrogens with zero attached hydrogens (tertiary/aromatic N) is 2. The van der Waals surface area contributed by atoms with Gasteiger partial charge in [0.15, 0.2) is 11.5 Å². The molecule has 0 radical (unpaired) electrons. The Morgan fingerprint density at radius 3 is 2.52 bits per heavy atom. The first-order valence-electron chi connectivity index (χ1n) is 10.0. The van der Waals surface area contributed by atoms with Crippen LogP contribution in [0.4, 0.5) is 17.1 Å². The molecule has 1 aliphatic heterocycles. The minimum absolute atomic E-state index is 0.0960.